The standard InChI is InChI=1S/C26H39NO5/c1-6-7-14-31-19-11-10-18-15-20(27(3)16-17-8-9-17)25(28)12-13-26(29-4,30-5)23-24(25,2)21(18)22(19)32-23/h10-11,17,20,23,28H,6-9,12-16H2,1-5H3/t20-,23-,24?,25-/m1/s1. The first-order chi connectivity index (χ1) is 15.3. The molecule has 1 N–H and O–H groups in total. The molecule has 3 aliphatic carbocycles. The second-order valence-electron chi connectivity index (χ2n) is 10.6. The molecule has 0 bridgehead atoms. The summed E-state index contributed by atoms with van der Waals surface area (Å²) in [6.45, 7) is 6.01. The fourth-order valence-corrected chi connectivity index (χ4v) is 6.74. The summed E-state index contributed by atoms with van der Waals surface area (Å²) in [7, 11) is 5.54. The number of aliphatic hydroxyl groups is 1. The predicted molar refractivity (Wildman–Crippen MR) is 122 cm³/mol. The molecule has 1 aromatic rings. The van der Waals surface area contributed by atoms with Gasteiger partial charge in [-0.05, 0) is 63.6 Å². The quantitative estimate of drug-likeness (QED) is 0.462. The van der Waals surface area contributed by atoms with Gasteiger partial charge in [0.05, 0.1) is 17.6 Å². The van der Waals surface area contributed by atoms with E-state index in [-0.39, 0.29) is 6.04 Å². The zero-order valence-electron chi connectivity index (χ0n) is 20.3. The van der Waals surface area contributed by atoms with Gasteiger partial charge >= 0.3 is 0 Å². The van der Waals surface area contributed by atoms with Gasteiger partial charge in [-0.3, -0.25) is 4.90 Å². The lowest BCUT2D eigenvalue weighted by Crippen LogP contribution is -2.75. The maximum Gasteiger partial charge on any atom is 0.206 e. The van der Waals surface area contributed by atoms with E-state index < -0.39 is 22.9 Å². The maximum absolute atomic E-state index is 12.5. The minimum atomic E-state index is -0.942. The maximum atomic E-state index is 12.5. The highest BCUT2D eigenvalue weighted by Gasteiger charge is 2.73. The van der Waals surface area contributed by atoms with E-state index in [4.69, 9.17) is 18.9 Å². The van der Waals surface area contributed by atoms with Gasteiger partial charge < -0.3 is 24.1 Å². The molecule has 0 saturated heterocycles. The van der Waals surface area contributed by atoms with Crippen LogP contribution < -0.4 is 9.47 Å². The first-order valence-electron chi connectivity index (χ1n) is 12.3. The van der Waals surface area contributed by atoms with Crippen LogP contribution >= 0.6 is 0 Å². The molecule has 2 fully saturated rings. The van der Waals surface area contributed by atoms with Crippen LogP contribution in [-0.2, 0) is 21.3 Å². The van der Waals surface area contributed by atoms with Crippen LogP contribution in [0, 0.1) is 5.92 Å². The van der Waals surface area contributed by atoms with Gasteiger partial charge in [-0.1, -0.05) is 19.4 Å². The van der Waals surface area contributed by atoms with Crippen molar-refractivity contribution in [1.82, 2.24) is 4.90 Å². The monoisotopic (exact) mass is 445 g/mol. The molecule has 1 aromatic carbocycles. The topological polar surface area (TPSA) is 60.4 Å². The summed E-state index contributed by atoms with van der Waals surface area (Å²) < 4.78 is 24.8. The van der Waals surface area contributed by atoms with Crippen molar-refractivity contribution in [3.8, 4) is 11.5 Å². The lowest BCUT2D eigenvalue weighted by molar-refractivity contribution is -0.309. The van der Waals surface area contributed by atoms with Gasteiger partial charge in [0.2, 0.25) is 5.79 Å². The Morgan fingerprint density at radius 1 is 1.19 bits per heavy atom. The van der Waals surface area contributed by atoms with E-state index in [9.17, 15) is 5.11 Å². The van der Waals surface area contributed by atoms with Gasteiger partial charge in [0.25, 0.3) is 0 Å². The van der Waals surface area contributed by atoms with Gasteiger partial charge in [-0.15, -0.1) is 0 Å². The molecular formula is C26H39NO5. The van der Waals surface area contributed by atoms with E-state index >= 15 is 0 Å². The molecule has 1 heterocycles. The molecule has 0 aromatic heterocycles. The number of hydrogen-bond donors (Lipinski definition) is 1. The molecular weight excluding hydrogens is 406 g/mol. The van der Waals surface area contributed by atoms with Crippen LogP contribution in [0.15, 0.2) is 12.1 Å². The number of ether oxygens (including phenoxy) is 4. The number of methoxy groups -OCH3 is 2. The van der Waals surface area contributed by atoms with Crippen molar-refractivity contribution in [2.24, 2.45) is 5.92 Å². The zero-order valence-corrected chi connectivity index (χ0v) is 20.3. The summed E-state index contributed by atoms with van der Waals surface area (Å²) in [4.78, 5) is 2.40. The van der Waals surface area contributed by atoms with Gasteiger partial charge in [0.1, 0.15) is 0 Å². The second kappa shape index (κ2) is 7.86. The van der Waals surface area contributed by atoms with Gasteiger partial charge in [0.15, 0.2) is 17.6 Å². The fourth-order valence-electron chi connectivity index (χ4n) is 6.74. The summed E-state index contributed by atoms with van der Waals surface area (Å²) >= 11 is 0. The SMILES string of the molecule is CCCCOc1ccc2c3c1O[C@H]1C(OC)(OC)CC[C@@](O)([C@H](N(C)CC4CC4)C2)C31C. The number of nitrogens with zero attached hydrogens (tertiary/aromatic N) is 1. The average molecular weight is 446 g/mol. The van der Waals surface area contributed by atoms with Gasteiger partial charge in [-0.2, -0.15) is 0 Å². The van der Waals surface area contributed by atoms with Crippen molar-refractivity contribution < 1.29 is 24.1 Å². The molecule has 6 nitrogen and oxygen atoms in total. The third-order valence-electron chi connectivity index (χ3n) is 8.83. The molecule has 1 aliphatic heterocycles. The fraction of sp³-hybridized carbons (Fsp3) is 0.769. The second-order valence-corrected chi connectivity index (χ2v) is 10.6. The number of unbranched alkanes of at least 4 members (excludes halogenated alkanes) is 1. The number of likely N-dealkylation sites (N-methyl/N-ethyl adjacent to an activating group) is 1. The third kappa shape index (κ3) is 2.99. The van der Waals surface area contributed by atoms with E-state index in [0.717, 1.165) is 48.8 Å². The van der Waals surface area contributed by atoms with Crippen molar-refractivity contribution in [1.29, 1.82) is 0 Å². The first kappa shape index (κ1) is 22.5. The molecule has 0 radical (unpaired) electrons. The van der Waals surface area contributed by atoms with E-state index in [1.54, 1.807) is 14.2 Å². The highest BCUT2D eigenvalue weighted by atomic mass is 16.7. The van der Waals surface area contributed by atoms with E-state index in [1.807, 2.05) is 6.07 Å². The van der Waals surface area contributed by atoms with Crippen LogP contribution in [0.5, 0.6) is 11.5 Å². The van der Waals surface area contributed by atoms with Crippen LogP contribution in [0.4, 0.5) is 0 Å². The molecule has 4 atom stereocenters. The largest absolute Gasteiger partial charge is 0.490 e. The van der Waals surface area contributed by atoms with Crippen molar-refractivity contribution in [3.05, 3.63) is 23.3 Å². The molecule has 178 valence electrons. The van der Waals surface area contributed by atoms with Crippen LogP contribution in [0.3, 0.4) is 0 Å². The molecule has 2 saturated carbocycles. The number of rotatable bonds is 9. The Morgan fingerprint density at radius 2 is 1.94 bits per heavy atom. The molecule has 5 rings (SSSR count). The highest BCUT2D eigenvalue weighted by Crippen LogP contribution is 2.64. The minimum absolute atomic E-state index is 0.0243. The molecule has 32 heavy (non-hydrogen) atoms. The first-order valence-corrected chi connectivity index (χ1v) is 12.3. The van der Waals surface area contributed by atoms with Crippen molar-refractivity contribution >= 4 is 0 Å². The summed E-state index contributed by atoms with van der Waals surface area (Å²) in [5.41, 5.74) is 0.732. The van der Waals surface area contributed by atoms with Crippen LogP contribution in [0.25, 0.3) is 0 Å². The molecule has 4 aliphatic rings. The zero-order chi connectivity index (χ0) is 22.7. The summed E-state index contributed by atoms with van der Waals surface area (Å²) in [6.07, 6.45) is 6.22. The lowest BCUT2D eigenvalue weighted by Gasteiger charge is -2.61. The predicted octanol–water partition coefficient (Wildman–Crippen LogP) is 3.66. The third-order valence-corrected chi connectivity index (χ3v) is 8.83. The van der Waals surface area contributed by atoms with Crippen LogP contribution in [0.2, 0.25) is 0 Å². The van der Waals surface area contributed by atoms with Gasteiger partial charge in [-0.25, -0.2) is 0 Å². The van der Waals surface area contributed by atoms with Crippen LogP contribution in [-0.4, -0.2) is 68.0 Å². The van der Waals surface area contributed by atoms with E-state index in [2.05, 4.69) is 31.9 Å². The Bertz CT molecular complexity index is 866. The average Bonchev–Trinajstić information content (AvgIpc) is 3.54. The molecule has 6 heteroatoms. The summed E-state index contributed by atoms with van der Waals surface area (Å²) in [5.74, 6) is 1.39. The summed E-state index contributed by atoms with van der Waals surface area (Å²) in [5, 5.41) is 12.5. The molecule has 0 amide bonds. The van der Waals surface area contributed by atoms with Crippen molar-refractivity contribution in [2.75, 3.05) is 34.4 Å². The lowest BCUT2D eigenvalue weighted by atomic mass is 9.51. The van der Waals surface area contributed by atoms with Crippen molar-refractivity contribution in [3.63, 3.8) is 0 Å². The van der Waals surface area contributed by atoms with Crippen molar-refractivity contribution in [2.45, 2.75) is 87.7 Å². The van der Waals surface area contributed by atoms with E-state index in [0.29, 0.717) is 19.4 Å². The summed E-state index contributed by atoms with van der Waals surface area (Å²) in [6, 6.07) is 4.26. The highest BCUT2D eigenvalue weighted by molar-refractivity contribution is 5.62. The Labute approximate surface area is 192 Å². The van der Waals surface area contributed by atoms with Crippen LogP contribution in [0.1, 0.15) is 63.5 Å². The Morgan fingerprint density at radius 3 is 2.59 bits per heavy atom. The Hall–Kier alpha value is -1.34. The Balaban J connectivity index is 1.63. The minimum Gasteiger partial charge on any atom is -0.490 e. The normalized spacial score (nSPS) is 34.3. The number of benzene rings is 1. The molecule has 0 spiro atoms. The Kier molecular flexibility index (Phi) is 5.52. The van der Waals surface area contributed by atoms with E-state index in [1.165, 1.54) is 18.4 Å². The van der Waals surface area contributed by atoms with Gasteiger partial charge in [0, 0.05) is 38.8 Å². The molecule has 1 unspecified atom stereocenters. The number of hydrogen-bond acceptors (Lipinski definition) is 6. The smallest absolute Gasteiger partial charge is 0.206 e.